The molecular formula is C18H16N2O4. The molecule has 0 aliphatic carbocycles. The van der Waals surface area contributed by atoms with Crippen molar-refractivity contribution in [3.05, 3.63) is 60.0 Å². The molecule has 0 bridgehead atoms. The van der Waals surface area contributed by atoms with Crippen molar-refractivity contribution in [1.82, 2.24) is 10.1 Å². The molecule has 0 saturated heterocycles. The summed E-state index contributed by atoms with van der Waals surface area (Å²) in [5, 5.41) is 3.85. The van der Waals surface area contributed by atoms with Crippen molar-refractivity contribution in [2.24, 2.45) is 0 Å². The van der Waals surface area contributed by atoms with E-state index in [-0.39, 0.29) is 0 Å². The normalized spacial score (nSPS) is 10.4. The van der Waals surface area contributed by atoms with Gasteiger partial charge in [0.2, 0.25) is 11.7 Å². The molecule has 0 saturated carbocycles. The molecule has 3 aromatic rings. The molecule has 6 heteroatoms. The highest BCUT2D eigenvalue weighted by Gasteiger charge is 2.14. The number of hydrogen-bond acceptors (Lipinski definition) is 6. The van der Waals surface area contributed by atoms with E-state index in [1.54, 1.807) is 49.4 Å². The Morgan fingerprint density at radius 3 is 2.54 bits per heavy atom. The number of para-hydroxylation sites is 1. The van der Waals surface area contributed by atoms with Crippen molar-refractivity contribution in [3.63, 3.8) is 0 Å². The van der Waals surface area contributed by atoms with Crippen molar-refractivity contribution in [3.8, 4) is 22.9 Å². The van der Waals surface area contributed by atoms with Crippen molar-refractivity contribution in [1.29, 1.82) is 0 Å². The number of ether oxygens (including phenoxy) is 2. The summed E-state index contributed by atoms with van der Waals surface area (Å²) in [5.74, 6) is 1.45. The zero-order valence-electron chi connectivity index (χ0n) is 13.4. The summed E-state index contributed by atoms with van der Waals surface area (Å²) >= 11 is 0. The van der Waals surface area contributed by atoms with Crippen molar-refractivity contribution in [2.75, 3.05) is 6.61 Å². The van der Waals surface area contributed by atoms with Crippen LogP contribution in [-0.2, 0) is 0 Å². The van der Waals surface area contributed by atoms with Crippen LogP contribution < -0.4 is 9.47 Å². The molecule has 24 heavy (non-hydrogen) atoms. The second-order valence-electron chi connectivity index (χ2n) is 4.98. The number of aromatic nitrogens is 2. The predicted octanol–water partition coefficient (Wildman–Crippen LogP) is 3.66. The van der Waals surface area contributed by atoms with Gasteiger partial charge in [0, 0.05) is 12.5 Å². The maximum atomic E-state index is 12.3. The van der Waals surface area contributed by atoms with Gasteiger partial charge in [-0.25, -0.2) is 4.79 Å². The second-order valence-corrected chi connectivity index (χ2v) is 4.98. The average molecular weight is 324 g/mol. The minimum atomic E-state index is -0.470. The van der Waals surface area contributed by atoms with E-state index in [2.05, 4.69) is 10.1 Å². The third-order valence-electron chi connectivity index (χ3n) is 3.26. The number of benzene rings is 2. The fraction of sp³-hybridized carbons (Fsp3) is 0.167. The van der Waals surface area contributed by atoms with Crippen LogP contribution in [-0.4, -0.2) is 22.7 Å². The van der Waals surface area contributed by atoms with Crippen LogP contribution in [0.2, 0.25) is 0 Å². The lowest BCUT2D eigenvalue weighted by molar-refractivity contribution is 0.0730. The number of carbonyl (C=O) groups excluding carboxylic acids is 1. The summed E-state index contributed by atoms with van der Waals surface area (Å²) < 4.78 is 15.8. The first-order valence-corrected chi connectivity index (χ1v) is 7.52. The Labute approximate surface area is 139 Å². The number of carbonyl (C=O) groups is 1. The van der Waals surface area contributed by atoms with E-state index in [0.29, 0.717) is 35.4 Å². The van der Waals surface area contributed by atoms with Crippen LogP contribution in [0.3, 0.4) is 0 Å². The quantitative estimate of drug-likeness (QED) is 0.526. The van der Waals surface area contributed by atoms with Crippen molar-refractivity contribution < 1.29 is 18.8 Å². The standard InChI is InChI=1S/C18H16N2O4/c1-3-22-16-7-5-4-6-15(16)18(21)23-14-10-8-13(9-11-14)17-19-12(2)24-20-17/h4-11H,3H2,1-2H3. The molecule has 1 heterocycles. The molecule has 0 amide bonds. The number of esters is 1. The van der Waals surface area contributed by atoms with Gasteiger partial charge < -0.3 is 14.0 Å². The first kappa shape index (κ1) is 15.7. The highest BCUT2D eigenvalue weighted by Crippen LogP contribution is 2.23. The average Bonchev–Trinajstić information content (AvgIpc) is 3.03. The van der Waals surface area contributed by atoms with E-state index in [4.69, 9.17) is 14.0 Å². The Hall–Kier alpha value is -3.15. The van der Waals surface area contributed by atoms with Gasteiger partial charge in [-0.2, -0.15) is 4.98 Å². The minimum absolute atomic E-state index is 0.386. The number of rotatable bonds is 5. The Balaban J connectivity index is 1.75. The predicted molar refractivity (Wildman–Crippen MR) is 87.0 cm³/mol. The molecule has 0 fully saturated rings. The van der Waals surface area contributed by atoms with Crippen LogP contribution in [0.5, 0.6) is 11.5 Å². The number of hydrogen-bond donors (Lipinski definition) is 0. The third kappa shape index (κ3) is 3.43. The van der Waals surface area contributed by atoms with Crippen molar-refractivity contribution >= 4 is 5.97 Å². The van der Waals surface area contributed by atoms with Gasteiger partial charge in [0.1, 0.15) is 17.1 Å². The molecule has 0 unspecified atom stereocenters. The molecule has 2 aromatic carbocycles. The molecule has 6 nitrogen and oxygen atoms in total. The highest BCUT2D eigenvalue weighted by atomic mass is 16.5. The monoisotopic (exact) mass is 324 g/mol. The van der Waals surface area contributed by atoms with Crippen LogP contribution in [0.25, 0.3) is 11.4 Å². The van der Waals surface area contributed by atoms with Crippen LogP contribution in [0.4, 0.5) is 0 Å². The maximum absolute atomic E-state index is 12.3. The van der Waals surface area contributed by atoms with Gasteiger partial charge in [0.15, 0.2) is 0 Å². The van der Waals surface area contributed by atoms with Gasteiger partial charge in [0.05, 0.1) is 6.61 Å². The molecule has 0 aliphatic rings. The first-order valence-electron chi connectivity index (χ1n) is 7.52. The lowest BCUT2D eigenvalue weighted by Crippen LogP contribution is -2.10. The van der Waals surface area contributed by atoms with Crippen molar-refractivity contribution in [2.45, 2.75) is 13.8 Å². The Bertz CT molecular complexity index is 840. The molecule has 0 spiro atoms. The summed E-state index contributed by atoms with van der Waals surface area (Å²) in [5.41, 5.74) is 1.17. The lowest BCUT2D eigenvalue weighted by Gasteiger charge is -2.09. The Morgan fingerprint density at radius 2 is 1.88 bits per heavy atom. The molecule has 0 radical (unpaired) electrons. The number of aryl methyl sites for hydroxylation is 1. The van der Waals surface area contributed by atoms with E-state index in [0.717, 1.165) is 5.56 Å². The van der Waals surface area contributed by atoms with E-state index in [1.807, 2.05) is 13.0 Å². The van der Waals surface area contributed by atoms with Gasteiger partial charge in [-0.15, -0.1) is 0 Å². The van der Waals surface area contributed by atoms with E-state index in [9.17, 15) is 4.79 Å². The van der Waals surface area contributed by atoms with Crippen LogP contribution >= 0.6 is 0 Å². The fourth-order valence-electron chi connectivity index (χ4n) is 2.17. The Kier molecular flexibility index (Phi) is 4.56. The summed E-state index contributed by atoms with van der Waals surface area (Å²) in [6.07, 6.45) is 0. The second kappa shape index (κ2) is 6.95. The molecule has 0 N–H and O–H groups in total. The summed E-state index contributed by atoms with van der Waals surface area (Å²) in [7, 11) is 0. The number of nitrogens with zero attached hydrogens (tertiary/aromatic N) is 2. The van der Waals surface area contributed by atoms with Gasteiger partial charge in [-0.1, -0.05) is 17.3 Å². The van der Waals surface area contributed by atoms with E-state index in [1.165, 1.54) is 0 Å². The van der Waals surface area contributed by atoms with Gasteiger partial charge in [-0.3, -0.25) is 0 Å². The highest BCUT2D eigenvalue weighted by molar-refractivity contribution is 5.94. The molecule has 0 aliphatic heterocycles. The SMILES string of the molecule is CCOc1ccccc1C(=O)Oc1ccc(-c2noc(C)n2)cc1. The Morgan fingerprint density at radius 1 is 1.12 bits per heavy atom. The molecule has 3 rings (SSSR count). The van der Waals surface area contributed by atoms with Gasteiger partial charge >= 0.3 is 5.97 Å². The topological polar surface area (TPSA) is 74.5 Å². The molecular weight excluding hydrogens is 308 g/mol. The van der Waals surface area contributed by atoms with Crippen LogP contribution in [0.15, 0.2) is 53.1 Å². The first-order chi connectivity index (χ1) is 11.7. The maximum Gasteiger partial charge on any atom is 0.347 e. The zero-order valence-corrected chi connectivity index (χ0v) is 13.4. The molecule has 1 aromatic heterocycles. The molecule has 0 atom stereocenters. The third-order valence-corrected chi connectivity index (χ3v) is 3.26. The van der Waals surface area contributed by atoms with E-state index < -0.39 is 5.97 Å². The zero-order chi connectivity index (χ0) is 16.9. The summed E-state index contributed by atoms with van der Waals surface area (Å²) in [6, 6.07) is 13.9. The largest absolute Gasteiger partial charge is 0.493 e. The minimum Gasteiger partial charge on any atom is -0.493 e. The summed E-state index contributed by atoms with van der Waals surface area (Å²) in [6.45, 7) is 4.06. The van der Waals surface area contributed by atoms with Gasteiger partial charge in [-0.05, 0) is 43.3 Å². The van der Waals surface area contributed by atoms with Gasteiger partial charge in [0.25, 0.3) is 0 Å². The van der Waals surface area contributed by atoms with E-state index >= 15 is 0 Å². The smallest absolute Gasteiger partial charge is 0.347 e. The lowest BCUT2D eigenvalue weighted by atomic mass is 10.2. The van der Waals surface area contributed by atoms with Crippen LogP contribution in [0.1, 0.15) is 23.2 Å². The summed E-state index contributed by atoms with van der Waals surface area (Å²) in [4.78, 5) is 16.5. The molecule has 122 valence electrons. The van der Waals surface area contributed by atoms with Crippen LogP contribution in [0, 0.1) is 6.92 Å². The fourth-order valence-corrected chi connectivity index (χ4v) is 2.17.